The van der Waals surface area contributed by atoms with E-state index in [-0.39, 0.29) is 11.6 Å². The van der Waals surface area contributed by atoms with Gasteiger partial charge in [-0.3, -0.25) is 0 Å². The number of benzene rings is 1. The highest BCUT2D eigenvalue weighted by atomic mass is 16.5. The van der Waals surface area contributed by atoms with E-state index < -0.39 is 5.97 Å². The number of rotatable bonds is 5. The van der Waals surface area contributed by atoms with Crippen molar-refractivity contribution in [3.8, 4) is 23.1 Å². The molecule has 1 aromatic carbocycles. The topological polar surface area (TPSA) is 90.8 Å². The average Bonchev–Trinajstić information content (AvgIpc) is 2.47. The zero-order valence-electron chi connectivity index (χ0n) is 10.9. The first kappa shape index (κ1) is 13.6. The Bertz CT molecular complexity index is 590. The van der Waals surface area contributed by atoms with Crippen LogP contribution in [0.1, 0.15) is 10.5 Å². The Balaban J connectivity index is 2.22. The van der Waals surface area contributed by atoms with Gasteiger partial charge in [-0.15, -0.1) is 10.2 Å². The maximum Gasteiger partial charge on any atom is 0.356 e. The highest BCUT2D eigenvalue weighted by Gasteiger charge is 2.08. The van der Waals surface area contributed by atoms with Gasteiger partial charge in [0, 0.05) is 24.3 Å². The largest absolute Gasteiger partial charge is 0.496 e. The van der Waals surface area contributed by atoms with Crippen LogP contribution >= 0.6 is 0 Å². The highest BCUT2D eigenvalue weighted by Crippen LogP contribution is 2.29. The lowest BCUT2D eigenvalue weighted by atomic mass is 10.3. The van der Waals surface area contributed by atoms with Crippen molar-refractivity contribution in [2.24, 2.45) is 0 Å². The summed E-state index contributed by atoms with van der Waals surface area (Å²) >= 11 is 0. The van der Waals surface area contributed by atoms with Crippen LogP contribution < -0.4 is 14.2 Å². The molecule has 7 heteroatoms. The highest BCUT2D eigenvalue weighted by molar-refractivity contribution is 5.84. The summed E-state index contributed by atoms with van der Waals surface area (Å²) in [4.78, 5) is 10.7. The van der Waals surface area contributed by atoms with Crippen molar-refractivity contribution in [1.29, 1.82) is 0 Å². The molecule has 0 saturated heterocycles. The van der Waals surface area contributed by atoms with Gasteiger partial charge in [0.25, 0.3) is 0 Å². The summed E-state index contributed by atoms with van der Waals surface area (Å²) in [5.41, 5.74) is -0.152. The predicted molar refractivity (Wildman–Crippen MR) is 68.6 cm³/mol. The van der Waals surface area contributed by atoms with Gasteiger partial charge in [0.05, 0.1) is 14.2 Å². The number of carboxylic acids is 1. The van der Waals surface area contributed by atoms with Crippen LogP contribution in [0.3, 0.4) is 0 Å². The van der Waals surface area contributed by atoms with Gasteiger partial charge < -0.3 is 19.3 Å². The lowest BCUT2D eigenvalue weighted by Gasteiger charge is -2.09. The number of hydrogen-bond acceptors (Lipinski definition) is 6. The molecule has 20 heavy (non-hydrogen) atoms. The van der Waals surface area contributed by atoms with E-state index >= 15 is 0 Å². The third-order valence-corrected chi connectivity index (χ3v) is 2.41. The van der Waals surface area contributed by atoms with E-state index in [1.807, 2.05) is 0 Å². The molecule has 0 fully saturated rings. The molecule has 0 unspecified atom stereocenters. The Morgan fingerprint density at radius 3 is 2.05 bits per heavy atom. The summed E-state index contributed by atoms with van der Waals surface area (Å²) in [6, 6.07) is 7.72. The number of aromatic carboxylic acids is 1. The van der Waals surface area contributed by atoms with Gasteiger partial charge in [-0.25, -0.2) is 4.79 Å². The first-order valence-corrected chi connectivity index (χ1v) is 5.60. The number of ether oxygens (including phenoxy) is 3. The van der Waals surface area contributed by atoms with Gasteiger partial charge in [0.15, 0.2) is 5.69 Å². The smallest absolute Gasteiger partial charge is 0.356 e. The van der Waals surface area contributed by atoms with Crippen LogP contribution in [-0.4, -0.2) is 35.5 Å². The molecular weight excluding hydrogens is 264 g/mol. The molecule has 104 valence electrons. The van der Waals surface area contributed by atoms with E-state index in [4.69, 9.17) is 19.3 Å². The average molecular weight is 276 g/mol. The molecule has 0 atom stereocenters. The van der Waals surface area contributed by atoms with Crippen molar-refractivity contribution in [2.75, 3.05) is 14.2 Å². The number of carboxylic acid groups (broad SMARTS) is 1. The molecule has 0 aliphatic carbocycles. The molecule has 2 aromatic rings. The summed E-state index contributed by atoms with van der Waals surface area (Å²) in [7, 11) is 3.06. The van der Waals surface area contributed by atoms with Gasteiger partial charge >= 0.3 is 5.97 Å². The number of methoxy groups -OCH3 is 2. The summed E-state index contributed by atoms with van der Waals surface area (Å²) in [6.07, 6.45) is 0. The molecule has 7 nitrogen and oxygen atoms in total. The molecule has 1 N–H and O–H groups in total. The van der Waals surface area contributed by atoms with Crippen molar-refractivity contribution in [3.63, 3.8) is 0 Å². The first-order chi connectivity index (χ1) is 9.62. The molecule has 0 bridgehead atoms. The van der Waals surface area contributed by atoms with Crippen LogP contribution in [-0.2, 0) is 0 Å². The molecule has 0 aliphatic rings. The third kappa shape index (κ3) is 3.14. The standard InChI is InChI=1S/C13H12N2O5/c1-18-8-5-9(19-2)7-10(6-8)20-12-4-3-11(13(16)17)14-15-12/h3-7H,1-2H3,(H,16,17). The fourth-order valence-corrected chi connectivity index (χ4v) is 1.45. The molecule has 0 saturated carbocycles. The Kier molecular flexibility index (Phi) is 3.99. The van der Waals surface area contributed by atoms with Crippen LogP contribution in [0.5, 0.6) is 23.1 Å². The molecule has 0 spiro atoms. The van der Waals surface area contributed by atoms with Gasteiger partial charge in [0.2, 0.25) is 5.88 Å². The normalized spacial score (nSPS) is 9.90. The van der Waals surface area contributed by atoms with E-state index in [2.05, 4.69) is 10.2 Å². The van der Waals surface area contributed by atoms with Crippen molar-refractivity contribution in [3.05, 3.63) is 36.0 Å². The van der Waals surface area contributed by atoms with Gasteiger partial charge in [-0.2, -0.15) is 0 Å². The summed E-state index contributed by atoms with van der Waals surface area (Å²) in [5, 5.41) is 15.9. The lowest BCUT2D eigenvalue weighted by Crippen LogP contribution is -2.02. The van der Waals surface area contributed by atoms with Crippen LogP contribution in [0.25, 0.3) is 0 Å². The fourth-order valence-electron chi connectivity index (χ4n) is 1.45. The number of aromatic nitrogens is 2. The van der Waals surface area contributed by atoms with Crippen molar-refractivity contribution < 1.29 is 24.1 Å². The number of carbonyl (C=O) groups is 1. The van der Waals surface area contributed by atoms with Crippen molar-refractivity contribution >= 4 is 5.97 Å². The molecule has 2 rings (SSSR count). The lowest BCUT2D eigenvalue weighted by molar-refractivity contribution is 0.0689. The number of hydrogen-bond donors (Lipinski definition) is 1. The second-order valence-corrected chi connectivity index (χ2v) is 3.71. The Morgan fingerprint density at radius 2 is 1.60 bits per heavy atom. The van der Waals surface area contributed by atoms with E-state index in [0.717, 1.165) is 0 Å². The zero-order chi connectivity index (χ0) is 14.5. The van der Waals surface area contributed by atoms with Crippen LogP contribution in [0, 0.1) is 0 Å². The van der Waals surface area contributed by atoms with E-state index in [9.17, 15) is 4.79 Å². The van der Waals surface area contributed by atoms with Gasteiger partial charge in [0.1, 0.15) is 17.2 Å². The maximum atomic E-state index is 10.7. The van der Waals surface area contributed by atoms with E-state index in [1.165, 1.54) is 26.4 Å². The zero-order valence-corrected chi connectivity index (χ0v) is 10.9. The number of nitrogens with zero attached hydrogens (tertiary/aromatic N) is 2. The minimum atomic E-state index is -1.15. The van der Waals surface area contributed by atoms with Crippen LogP contribution in [0.2, 0.25) is 0 Å². The Hall–Kier alpha value is -2.83. The molecule has 1 heterocycles. The van der Waals surface area contributed by atoms with Crippen LogP contribution in [0.15, 0.2) is 30.3 Å². The Labute approximate surface area is 114 Å². The quantitative estimate of drug-likeness (QED) is 0.892. The monoisotopic (exact) mass is 276 g/mol. The first-order valence-electron chi connectivity index (χ1n) is 5.60. The molecule has 0 amide bonds. The molecule has 0 radical (unpaired) electrons. The van der Waals surface area contributed by atoms with E-state index in [0.29, 0.717) is 17.2 Å². The van der Waals surface area contributed by atoms with Crippen molar-refractivity contribution in [2.45, 2.75) is 0 Å². The van der Waals surface area contributed by atoms with E-state index in [1.54, 1.807) is 18.2 Å². The second kappa shape index (κ2) is 5.87. The minimum absolute atomic E-state index is 0.152. The van der Waals surface area contributed by atoms with Gasteiger partial charge in [-0.05, 0) is 6.07 Å². The Morgan fingerprint density at radius 1 is 1.00 bits per heavy atom. The van der Waals surface area contributed by atoms with Crippen LogP contribution in [0.4, 0.5) is 0 Å². The predicted octanol–water partition coefficient (Wildman–Crippen LogP) is 1.98. The molecule has 1 aromatic heterocycles. The summed E-state index contributed by atoms with van der Waals surface area (Å²) < 4.78 is 15.7. The summed E-state index contributed by atoms with van der Waals surface area (Å²) in [5.74, 6) is 0.597. The van der Waals surface area contributed by atoms with Gasteiger partial charge in [-0.1, -0.05) is 0 Å². The molecular formula is C13H12N2O5. The SMILES string of the molecule is COc1cc(OC)cc(Oc2ccc(C(=O)O)nn2)c1. The van der Waals surface area contributed by atoms with Crippen molar-refractivity contribution in [1.82, 2.24) is 10.2 Å². The second-order valence-electron chi connectivity index (χ2n) is 3.71. The fraction of sp³-hybridized carbons (Fsp3) is 0.154. The maximum absolute atomic E-state index is 10.7. The molecule has 0 aliphatic heterocycles. The third-order valence-electron chi connectivity index (χ3n) is 2.41. The summed E-state index contributed by atoms with van der Waals surface area (Å²) in [6.45, 7) is 0. The minimum Gasteiger partial charge on any atom is -0.496 e.